The van der Waals surface area contributed by atoms with E-state index in [9.17, 15) is 0 Å². The molecule has 1 saturated heterocycles. The molecule has 1 aliphatic rings. The lowest BCUT2D eigenvalue weighted by Gasteiger charge is -2.13. The van der Waals surface area contributed by atoms with Crippen molar-refractivity contribution in [1.82, 2.24) is 20.3 Å². The predicted molar refractivity (Wildman–Crippen MR) is 87.1 cm³/mol. The van der Waals surface area contributed by atoms with Crippen LogP contribution in [0.25, 0.3) is 0 Å². The van der Waals surface area contributed by atoms with E-state index >= 15 is 0 Å². The Morgan fingerprint density at radius 3 is 3.13 bits per heavy atom. The van der Waals surface area contributed by atoms with Crippen LogP contribution in [0.5, 0.6) is 11.8 Å². The largest absolute Gasteiger partial charge is 0.489 e. The first-order chi connectivity index (χ1) is 11.2. The van der Waals surface area contributed by atoms with Crippen molar-refractivity contribution in [1.29, 1.82) is 0 Å². The van der Waals surface area contributed by atoms with E-state index in [4.69, 9.17) is 21.1 Å². The third kappa shape index (κ3) is 4.20. The Kier molecular flexibility index (Phi) is 5.09. The molecule has 7 nitrogen and oxygen atoms in total. The summed E-state index contributed by atoms with van der Waals surface area (Å²) in [4.78, 5) is 12.4. The molecular weight excluding hydrogens is 318 g/mol. The SMILES string of the molecule is COc1ncc(Cl)c(NCc2cc(OC3CCNC3)ccn2)n1. The summed E-state index contributed by atoms with van der Waals surface area (Å²) in [5.74, 6) is 1.32. The summed E-state index contributed by atoms with van der Waals surface area (Å²) in [6, 6.07) is 4.04. The van der Waals surface area contributed by atoms with Crippen molar-refractivity contribution < 1.29 is 9.47 Å². The maximum atomic E-state index is 6.07. The third-order valence-electron chi connectivity index (χ3n) is 3.45. The lowest BCUT2D eigenvalue weighted by Crippen LogP contribution is -2.19. The van der Waals surface area contributed by atoms with Crippen LogP contribution in [0.1, 0.15) is 12.1 Å². The molecule has 8 heteroatoms. The Hall–Kier alpha value is -2.12. The number of pyridine rings is 1. The minimum absolute atomic E-state index is 0.221. The number of nitrogens with zero attached hydrogens (tertiary/aromatic N) is 3. The summed E-state index contributed by atoms with van der Waals surface area (Å²) in [6.45, 7) is 2.35. The molecule has 0 radical (unpaired) electrons. The van der Waals surface area contributed by atoms with E-state index in [1.807, 2.05) is 12.1 Å². The summed E-state index contributed by atoms with van der Waals surface area (Å²) < 4.78 is 10.9. The summed E-state index contributed by atoms with van der Waals surface area (Å²) in [7, 11) is 1.51. The molecule has 2 aromatic heterocycles. The highest BCUT2D eigenvalue weighted by molar-refractivity contribution is 6.32. The molecule has 122 valence electrons. The quantitative estimate of drug-likeness (QED) is 0.834. The van der Waals surface area contributed by atoms with Gasteiger partial charge in [-0.15, -0.1) is 0 Å². The minimum Gasteiger partial charge on any atom is -0.489 e. The van der Waals surface area contributed by atoms with Gasteiger partial charge in [0.1, 0.15) is 16.9 Å². The number of hydrogen-bond donors (Lipinski definition) is 2. The number of anilines is 1. The van der Waals surface area contributed by atoms with Crippen molar-refractivity contribution in [3.05, 3.63) is 35.2 Å². The second-order valence-electron chi connectivity index (χ2n) is 5.12. The van der Waals surface area contributed by atoms with Gasteiger partial charge in [0.2, 0.25) is 0 Å². The van der Waals surface area contributed by atoms with Crippen LogP contribution >= 0.6 is 11.6 Å². The summed E-state index contributed by atoms with van der Waals surface area (Å²) in [5, 5.41) is 6.83. The monoisotopic (exact) mass is 335 g/mol. The fraction of sp³-hybridized carbons (Fsp3) is 0.400. The first kappa shape index (κ1) is 15.8. The van der Waals surface area contributed by atoms with E-state index < -0.39 is 0 Å². The van der Waals surface area contributed by atoms with Crippen molar-refractivity contribution in [3.8, 4) is 11.8 Å². The molecule has 1 unspecified atom stereocenters. The van der Waals surface area contributed by atoms with Gasteiger partial charge in [-0.3, -0.25) is 4.98 Å². The third-order valence-corrected chi connectivity index (χ3v) is 3.72. The maximum Gasteiger partial charge on any atom is 0.318 e. The van der Waals surface area contributed by atoms with Gasteiger partial charge in [0, 0.05) is 18.8 Å². The van der Waals surface area contributed by atoms with Gasteiger partial charge >= 0.3 is 6.01 Å². The van der Waals surface area contributed by atoms with Crippen LogP contribution < -0.4 is 20.1 Å². The Morgan fingerprint density at radius 1 is 1.43 bits per heavy atom. The molecule has 1 atom stereocenters. The lowest BCUT2D eigenvalue weighted by molar-refractivity contribution is 0.222. The van der Waals surface area contributed by atoms with E-state index in [0.717, 1.165) is 31.0 Å². The Labute approximate surface area is 139 Å². The molecule has 1 aliphatic heterocycles. The van der Waals surface area contributed by atoms with Crippen LogP contribution in [0.4, 0.5) is 5.82 Å². The number of hydrogen-bond acceptors (Lipinski definition) is 7. The van der Waals surface area contributed by atoms with E-state index in [1.165, 1.54) is 13.3 Å². The van der Waals surface area contributed by atoms with Gasteiger partial charge in [-0.1, -0.05) is 11.6 Å². The zero-order valence-electron chi connectivity index (χ0n) is 12.8. The lowest BCUT2D eigenvalue weighted by atomic mass is 10.3. The topological polar surface area (TPSA) is 81.2 Å². The van der Waals surface area contributed by atoms with Gasteiger partial charge in [-0.25, -0.2) is 4.98 Å². The molecular formula is C15H18ClN5O2. The van der Waals surface area contributed by atoms with Crippen molar-refractivity contribution in [2.45, 2.75) is 19.1 Å². The maximum absolute atomic E-state index is 6.07. The molecule has 1 fully saturated rings. The standard InChI is InChI=1S/C15H18ClN5O2/c1-22-15-20-9-13(16)14(21-15)19-7-10-6-11(3-5-18-10)23-12-2-4-17-8-12/h3,5-6,9,12,17H,2,4,7-8H2,1H3,(H,19,20,21). The first-order valence-electron chi connectivity index (χ1n) is 7.37. The van der Waals surface area contributed by atoms with Gasteiger partial charge in [0.25, 0.3) is 0 Å². The highest BCUT2D eigenvalue weighted by Crippen LogP contribution is 2.21. The van der Waals surface area contributed by atoms with Crippen LogP contribution in [0.3, 0.4) is 0 Å². The molecule has 2 N–H and O–H groups in total. The molecule has 0 amide bonds. The minimum atomic E-state index is 0.221. The fourth-order valence-corrected chi connectivity index (χ4v) is 2.45. The smallest absolute Gasteiger partial charge is 0.318 e. The van der Waals surface area contributed by atoms with Crippen molar-refractivity contribution in [3.63, 3.8) is 0 Å². The normalized spacial score (nSPS) is 17.0. The Bertz CT molecular complexity index is 664. The highest BCUT2D eigenvalue weighted by Gasteiger charge is 2.16. The van der Waals surface area contributed by atoms with E-state index in [1.54, 1.807) is 6.20 Å². The van der Waals surface area contributed by atoms with Gasteiger partial charge in [-0.2, -0.15) is 4.98 Å². The molecule has 0 saturated carbocycles. The van der Waals surface area contributed by atoms with Crippen LogP contribution in [-0.4, -0.2) is 41.3 Å². The highest BCUT2D eigenvalue weighted by atomic mass is 35.5. The van der Waals surface area contributed by atoms with Gasteiger partial charge in [0.05, 0.1) is 25.5 Å². The van der Waals surface area contributed by atoms with Gasteiger partial charge in [0.15, 0.2) is 5.82 Å². The second kappa shape index (κ2) is 7.43. The molecule has 0 bridgehead atoms. The van der Waals surface area contributed by atoms with Crippen LogP contribution in [0, 0.1) is 0 Å². The number of methoxy groups -OCH3 is 1. The number of rotatable bonds is 6. The average Bonchev–Trinajstić information content (AvgIpc) is 3.07. The number of nitrogens with one attached hydrogen (secondary N) is 2. The molecule has 2 aromatic rings. The van der Waals surface area contributed by atoms with E-state index in [0.29, 0.717) is 17.4 Å². The van der Waals surface area contributed by atoms with E-state index in [2.05, 4.69) is 25.6 Å². The number of aromatic nitrogens is 3. The Balaban J connectivity index is 1.63. The summed E-state index contributed by atoms with van der Waals surface area (Å²) >= 11 is 6.07. The molecule has 0 spiro atoms. The van der Waals surface area contributed by atoms with Crippen LogP contribution in [0.15, 0.2) is 24.5 Å². The zero-order valence-corrected chi connectivity index (χ0v) is 13.5. The molecule has 0 aromatic carbocycles. The zero-order chi connectivity index (χ0) is 16.1. The van der Waals surface area contributed by atoms with Crippen molar-refractivity contribution in [2.24, 2.45) is 0 Å². The molecule has 23 heavy (non-hydrogen) atoms. The van der Waals surface area contributed by atoms with Crippen LogP contribution in [0.2, 0.25) is 5.02 Å². The van der Waals surface area contributed by atoms with Crippen molar-refractivity contribution >= 4 is 17.4 Å². The fourth-order valence-electron chi connectivity index (χ4n) is 2.29. The Morgan fingerprint density at radius 2 is 2.35 bits per heavy atom. The van der Waals surface area contributed by atoms with Crippen LogP contribution in [-0.2, 0) is 6.54 Å². The molecule has 3 rings (SSSR count). The second-order valence-corrected chi connectivity index (χ2v) is 5.53. The van der Waals surface area contributed by atoms with Gasteiger partial charge in [-0.05, 0) is 19.0 Å². The predicted octanol–water partition coefficient (Wildman–Crippen LogP) is 1.89. The van der Waals surface area contributed by atoms with Gasteiger partial charge < -0.3 is 20.1 Å². The van der Waals surface area contributed by atoms with E-state index in [-0.39, 0.29) is 12.1 Å². The summed E-state index contributed by atoms with van der Waals surface area (Å²) in [5.41, 5.74) is 0.835. The first-order valence-corrected chi connectivity index (χ1v) is 7.75. The summed E-state index contributed by atoms with van der Waals surface area (Å²) in [6.07, 6.45) is 4.47. The number of ether oxygens (including phenoxy) is 2. The number of halogens is 1. The average molecular weight is 336 g/mol. The molecule has 0 aliphatic carbocycles. The molecule has 3 heterocycles. The van der Waals surface area contributed by atoms with Crippen molar-refractivity contribution in [2.75, 3.05) is 25.5 Å².